The lowest BCUT2D eigenvalue weighted by Crippen LogP contribution is -2.36. The topological polar surface area (TPSA) is 38.8 Å². The standard InChI is InChI=1S/C15H20BrNO3/c1-19-14-4-3-13(16)9-12(14)10-17-7-5-11(6-8-17)15(18)20-2/h3-4,9,11H,5-8,10H2,1-2H3. The molecule has 0 unspecified atom stereocenters. The first-order valence-corrected chi connectivity index (χ1v) is 7.56. The molecule has 0 saturated carbocycles. The fraction of sp³-hybridized carbons (Fsp3) is 0.533. The van der Waals surface area contributed by atoms with Gasteiger partial charge in [0.15, 0.2) is 0 Å². The van der Waals surface area contributed by atoms with Crippen LogP contribution in [0.3, 0.4) is 0 Å². The minimum Gasteiger partial charge on any atom is -0.496 e. The summed E-state index contributed by atoms with van der Waals surface area (Å²) in [4.78, 5) is 13.9. The van der Waals surface area contributed by atoms with E-state index < -0.39 is 0 Å². The van der Waals surface area contributed by atoms with E-state index in [1.165, 1.54) is 12.7 Å². The molecule has 20 heavy (non-hydrogen) atoms. The molecule has 1 saturated heterocycles. The van der Waals surface area contributed by atoms with Gasteiger partial charge in [-0.2, -0.15) is 0 Å². The predicted octanol–water partition coefficient (Wildman–Crippen LogP) is 2.84. The van der Waals surface area contributed by atoms with E-state index in [0.717, 1.165) is 42.7 Å². The van der Waals surface area contributed by atoms with Gasteiger partial charge in [0.25, 0.3) is 0 Å². The SMILES string of the molecule is COC(=O)C1CCN(Cc2cc(Br)ccc2OC)CC1. The molecule has 1 heterocycles. The molecule has 5 heteroatoms. The predicted molar refractivity (Wildman–Crippen MR) is 80.7 cm³/mol. The lowest BCUT2D eigenvalue weighted by Gasteiger charge is -2.31. The monoisotopic (exact) mass is 341 g/mol. The molecule has 2 rings (SSSR count). The van der Waals surface area contributed by atoms with Crippen molar-refractivity contribution in [1.29, 1.82) is 0 Å². The van der Waals surface area contributed by atoms with Crippen LogP contribution in [0.1, 0.15) is 18.4 Å². The normalized spacial score (nSPS) is 16.9. The Kier molecular flexibility index (Phi) is 5.43. The van der Waals surface area contributed by atoms with Gasteiger partial charge in [-0.1, -0.05) is 15.9 Å². The van der Waals surface area contributed by atoms with Gasteiger partial charge < -0.3 is 9.47 Å². The maximum absolute atomic E-state index is 11.5. The Morgan fingerprint density at radius 2 is 2.05 bits per heavy atom. The Labute approximate surface area is 128 Å². The fourth-order valence-electron chi connectivity index (χ4n) is 2.61. The van der Waals surface area contributed by atoms with Crippen molar-refractivity contribution in [2.24, 2.45) is 5.92 Å². The van der Waals surface area contributed by atoms with Gasteiger partial charge in [0.1, 0.15) is 5.75 Å². The van der Waals surface area contributed by atoms with Crippen LogP contribution in [0, 0.1) is 5.92 Å². The number of nitrogens with zero attached hydrogens (tertiary/aromatic N) is 1. The number of carbonyl (C=O) groups excluding carboxylic acids is 1. The van der Waals surface area contributed by atoms with Gasteiger partial charge in [-0.3, -0.25) is 9.69 Å². The molecule has 0 aromatic heterocycles. The highest BCUT2D eigenvalue weighted by molar-refractivity contribution is 9.10. The Bertz CT molecular complexity index is 470. The van der Waals surface area contributed by atoms with E-state index in [9.17, 15) is 4.79 Å². The van der Waals surface area contributed by atoms with Gasteiger partial charge >= 0.3 is 5.97 Å². The summed E-state index contributed by atoms with van der Waals surface area (Å²) in [6.45, 7) is 2.67. The number of esters is 1. The van der Waals surface area contributed by atoms with Crippen LogP contribution in [0.5, 0.6) is 5.75 Å². The zero-order valence-electron chi connectivity index (χ0n) is 11.9. The lowest BCUT2D eigenvalue weighted by molar-refractivity contribution is -0.147. The zero-order chi connectivity index (χ0) is 14.5. The minimum atomic E-state index is -0.0790. The number of likely N-dealkylation sites (tertiary alicyclic amines) is 1. The summed E-state index contributed by atoms with van der Waals surface area (Å²) in [6.07, 6.45) is 1.73. The highest BCUT2D eigenvalue weighted by Gasteiger charge is 2.25. The summed E-state index contributed by atoms with van der Waals surface area (Å²) in [5, 5.41) is 0. The van der Waals surface area contributed by atoms with Gasteiger partial charge in [0.05, 0.1) is 20.1 Å². The van der Waals surface area contributed by atoms with Gasteiger partial charge in [-0.05, 0) is 44.1 Å². The van der Waals surface area contributed by atoms with Crippen molar-refractivity contribution in [3.63, 3.8) is 0 Å². The van der Waals surface area contributed by atoms with Crippen LogP contribution in [0.2, 0.25) is 0 Å². The van der Waals surface area contributed by atoms with E-state index in [1.54, 1.807) is 7.11 Å². The van der Waals surface area contributed by atoms with Crippen molar-refractivity contribution in [2.45, 2.75) is 19.4 Å². The molecule has 0 radical (unpaired) electrons. The number of hydrogen-bond acceptors (Lipinski definition) is 4. The highest BCUT2D eigenvalue weighted by atomic mass is 79.9. The number of ether oxygens (including phenoxy) is 2. The van der Waals surface area contributed by atoms with Crippen LogP contribution in [0.4, 0.5) is 0 Å². The summed E-state index contributed by atoms with van der Waals surface area (Å²) in [5.41, 5.74) is 1.17. The first kappa shape index (κ1) is 15.3. The van der Waals surface area contributed by atoms with Crippen LogP contribution in [-0.4, -0.2) is 38.2 Å². The number of benzene rings is 1. The molecule has 1 aromatic carbocycles. The molecule has 110 valence electrons. The van der Waals surface area contributed by atoms with Crippen LogP contribution < -0.4 is 4.74 Å². The Morgan fingerprint density at radius 1 is 1.35 bits per heavy atom. The van der Waals surface area contributed by atoms with Gasteiger partial charge in [-0.15, -0.1) is 0 Å². The van der Waals surface area contributed by atoms with Crippen LogP contribution in [0.15, 0.2) is 22.7 Å². The second-order valence-corrected chi connectivity index (χ2v) is 5.95. The molecule has 1 aliphatic rings. The Hall–Kier alpha value is -1.07. The molecule has 0 atom stereocenters. The molecule has 0 bridgehead atoms. The van der Waals surface area contributed by atoms with E-state index in [4.69, 9.17) is 9.47 Å². The van der Waals surface area contributed by atoms with Crippen molar-refractivity contribution in [2.75, 3.05) is 27.3 Å². The number of hydrogen-bond donors (Lipinski definition) is 0. The van der Waals surface area contributed by atoms with E-state index in [1.807, 2.05) is 12.1 Å². The summed E-state index contributed by atoms with van der Waals surface area (Å²) in [5.74, 6) is 0.883. The largest absolute Gasteiger partial charge is 0.496 e. The third-order valence-electron chi connectivity index (χ3n) is 3.76. The van der Waals surface area contributed by atoms with Crippen molar-refractivity contribution in [1.82, 2.24) is 4.90 Å². The first-order valence-electron chi connectivity index (χ1n) is 6.76. The van der Waals surface area contributed by atoms with Crippen LogP contribution >= 0.6 is 15.9 Å². The van der Waals surface area contributed by atoms with E-state index in [2.05, 4.69) is 26.9 Å². The van der Waals surface area contributed by atoms with Gasteiger partial charge in [0, 0.05) is 16.6 Å². The average molecular weight is 342 g/mol. The van der Waals surface area contributed by atoms with Crippen molar-refractivity contribution < 1.29 is 14.3 Å². The number of piperidine rings is 1. The Morgan fingerprint density at radius 3 is 2.65 bits per heavy atom. The summed E-state index contributed by atoms with van der Waals surface area (Å²) >= 11 is 3.49. The van der Waals surface area contributed by atoms with Crippen molar-refractivity contribution in [3.8, 4) is 5.75 Å². The Balaban J connectivity index is 1.96. The molecule has 1 fully saturated rings. The van der Waals surface area contributed by atoms with Crippen LogP contribution in [-0.2, 0) is 16.1 Å². The molecule has 0 N–H and O–H groups in total. The average Bonchev–Trinajstić information content (AvgIpc) is 2.47. The number of carbonyl (C=O) groups is 1. The van der Waals surface area contributed by atoms with E-state index in [-0.39, 0.29) is 11.9 Å². The van der Waals surface area contributed by atoms with Crippen LogP contribution in [0.25, 0.3) is 0 Å². The fourth-order valence-corrected chi connectivity index (χ4v) is 3.01. The summed E-state index contributed by atoms with van der Waals surface area (Å²) in [7, 11) is 3.15. The minimum absolute atomic E-state index is 0.0562. The van der Waals surface area contributed by atoms with Crippen molar-refractivity contribution in [3.05, 3.63) is 28.2 Å². The third-order valence-corrected chi connectivity index (χ3v) is 4.25. The molecule has 0 amide bonds. The third kappa shape index (κ3) is 3.73. The molecule has 0 aliphatic carbocycles. The lowest BCUT2D eigenvalue weighted by atomic mass is 9.96. The first-order chi connectivity index (χ1) is 9.63. The van der Waals surface area contributed by atoms with Gasteiger partial charge in [0.2, 0.25) is 0 Å². The molecular weight excluding hydrogens is 322 g/mol. The number of halogens is 1. The maximum Gasteiger partial charge on any atom is 0.308 e. The van der Waals surface area contributed by atoms with E-state index in [0.29, 0.717) is 0 Å². The molecule has 4 nitrogen and oxygen atoms in total. The molecule has 1 aromatic rings. The van der Waals surface area contributed by atoms with Crippen molar-refractivity contribution >= 4 is 21.9 Å². The quantitative estimate of drug-likeness (QED) is 0.789. The smallest absolute Gasteiger partial charge is 0.308 e. The number of rotatable bonds is 4. The second kappa shape index (κ2) is 7.09. The molecular formula is C15H20BrNO3. The zero-order valence-corrected chi connectivity index (χ0v) is 13.5. The van der Waals surface area contributed by atoms with E-state index >= 15 is 0 Å². The summed E-state index contributed by atoms with van der Waals surface area (Å²) < 4.78 is 11.3. The number of methoxy groups -OCH3 is 2. The summed E-state index contributed by atoms with van der Waals surface area (Å²) in [6, 6.07) is 6.04. The molecule has 0 spiro atoms. The van der Waals surface area contributed by atoms with Gasteiger partial charge in [-0.25, -0.2) is 0 Å². The molecule has 1 aliphatic heterocycles. The second-order valence-electron chi connectivity index (χ2n) is 5.03. The highest BCUT2D eigenvalue weighted by Crippen LogP contribution is 2.26. The maximum atomic E-state index is 11.5.